The summed E-state index contributed by atoms with van der Waals surface area (Å²) in [6, 6.07) is 19.0. The Bertz CT molecular complexity index is 842. The number of hydrogen-bond donors (Lipinski definition) is 0. The van der Waals surface area contributed by atoms with Crippen LogP contribution in [-0.2, 0) is 16.1 Å². The molecule has 0 radical (unpaired) electrons. The summed E-state index contributed by atoms with van der Waals surface area (Å²) in [5, 5.41) is 0. The minimum Gasteiger partial charge on any atom is -0.378 e. The predicted octanol–water partition coefficient (Wildman–Crippen LogP) is 3.08. The molecule has 172 valence electrons. The van der Waals surface area contributed by atoms with Crippen molar-refractivity contribution >= 4 is 17.3 Å². The van der Waals surface area contributed by atoms with Gasteiger partial charge in [-0.25, -0.2) is 0 Å². The molecule has 1 amide bonds. The van der Waals surface area contributed by atoms with Gasteiger partial charge in [0.1, 0.15) is 0 Å². The van der Waals surface area contributed by atoms with Gasteiger partial charge in [-0.3, -0.25) is 9.69 Å². The van der Waals surface area contributed by atoms with E-state index >= 15 is 0 Å². The summed E-state index contributed by atoms with van der Waals surface area (Å²) in [6.07, 6.45) is 2.29. The van der Waals surface area contributed by atoms with E-state index in [0.29, 0.717) is 19.6 Å². The Kier molecular flexibility index (Phi) is 7.66. The summed E-state index contributed by atoms with van der Waals surface area (Å²) < 4.78 is 5.85. The van der Waals surface area contributed by atoms with Crippen LogP contribution in [-0.4, -0.2) is 81.8 Å². The molecule has 0 aromatic heterocycles. The molecule has 32 heavy (non-hydrogen) atoms. The van der Waals surface area contributed by atoms with Crippen molar-refractivity contribution in [3.63, 3.8) is 0 Å². The van der Waals surface area contributed by atoms with E-state index in [9.17, 15) is 4.79 Å². The van der Waals surface area contributed by atoms with E-state index in [1.807, 2.05) is 19.0 Å². The van der Waals surface area contributed by atoms with Crippen LogP contribution in [0.1, 0.15) is 18.4 Å². The number of anilines is 2. The first kappa shape index (κ1) is 22.6. The molecule has 2 saturated heterocycles. The van der Waals surface area contributed by atoms with Gasteiger partial charge in [0, 0.05) is 71.3 Å². The number of amides is 1. The van der Waals surface area contributed by atoms with Crippen molar-refractivity contribution in [2.75, 3.05) is 69.8 Å². The fourth-order valence-corrected chi connectivity index (χ4v) is 4.50. The molecule has 0 bridgehead atoms. The molecule has 0 N–H and O–H groups in total. The minimum atomic E-state index is 0.162. The molecule has 0 spiro atoms. The number of piperazine rings is 1. The first-order chi connectivity index (χ1) is 15.6. The fourth-order valence-electron chi connectivity index (χ4n) is 4.50. The topological polar surface area (TPSA) is 39.3 Å². The Morgan fingerprint density at radius 2 is 1.72 bits per heavy atom. The normalized spacial score (nSPS) is 19.2. The van der Waals surface area contributed by atoms with Crippen LogP contribution in [0.2, 0.25) is 0 Å². The van der Waals surface area contributed by atoms with E-state index in [4.69, 9.17) is 4.74 Å². The van der Waals surface area contributed by atoms with Crippen molar-refractivity contribution in [2.45, 2.75) is 25.5 Å². The van der Waals surface area contributed by atoms with Gasteiger partial charge < -0.3 is 19.4 Å². The van der Waals surface area contributed by atoms with Crippen molar-refractivity contribution in [1.82, 2.24) is 9.80 Å². The number of nitrogens with zero attached hydrogens (tertiary/aromatic N) is 4. The minimum absolute atomic E-state index is 0.162. The van der Waals surface area contributed by atoms with E-state index in [0.717, 1.165) is 51.2 Å². The Hall–Kier alpha value is -2.57. The standard InChI is InChI=1S/C26H36N4O2/c1-27(2)23-12-10-22(11-13-23)19-30(20-25-9-6-18-32-25)26(31)21-28-14-16-29(17-15-28)24-7-4-3-5-8-24/h3-5,7-8,10-13,25H,6,9,14-21H2,1-2H3. The third-order valence-electron chi connectivity index (χ3n) is 6.48. The Morgan fingerprint density at radius 1 is 1.00 bits per heavy atom. The highest BCUT2D eigenvalue weighted by Gasteiger charge is 2.26. The van der Waals surface area contributed by atoms with Crippen molar-refractivity contribution in [3.8, 4) is 0 Å². The lowest BCUT2D eigenvalue weighted by Crippen LogP contribution is -2.50. The van der Waals surface area contributed by atoms with Gasteiger partial charge in [0.05, 0.1) is 12.6 Å². The molecule has 1 atom stereocenters. The molecule has 2 aliphatic heterocycles. The average Bonchev–Trinajstić information content (AvgIpc) is 3.33. The third-order valence-corrected chi connectivity index (χ3v) is 6.48. The summed E-state index contributed by atoms with van der Waals surface area (Å²) in [5.74, 6) is 0.199. The third kappa shape index (κ3) is 6.02. The molecule has 2 fully saturated rings. The molecule has 4 rings (SSSR count). The van der Waals surface area contributed by atoms with Crippen LogP contribution in [0.5, 0.6) is 0 Å². The number of para-hydroxylation sites is 1. The molecule has 6 heteroatoms. The summed E-state index contributed by atoms with van der Waals surface area (Å²) >= 11 is 0. The largest absolute Gasteiger partial charge is 0.378 e. The van der Waals surface area contributed by atoms with Crippen LogP contribution in [0.25, 0.3) is 0 Å². The molecule has 6 nitrogen and oxygen atoms in total. The van der Waals surface area contributed by atoms with Crippen LogP contribution in [0, 0.1) is 0 Å². The number of hydrogen-bond acceptors (Lipinski definition) is 5. The zero-order valence-electron chi connectivity index (χ0n) is 19.4. The molecule has 2 aliphatic rings. The van der Waals surface area contributed by atoms with Gasteiger partial charge in [0.25, 0.3) is 0 Å². The lowest BCUT2D eigenvalue weighted by molar-refractivity contribution is -0.134. The van der Waals surface area contributed by atoms with Crippen LogP contribution < -0.4 is 9.80 Å². The second kappa shape index (κ2) is 10.8. The molecular weight excluding hydrogens is 400 g/mol. The second-order valence-corrected chi connectivity index (χ2v) is 9.07. The van der Waals surface area contributed by atoms with Crippen LogP contribution in [0.4, 0.5) is 11.4 Å². The quantitative estimate of drug-likeness (QED) is 0.636. The number of rotatable bonds is 8. The maximum Gasteiger partial charge on any atom is 0.237 e. The lowest BCUT2D eigenvalue weighted by atomic mass is 10.1. The lowest BCUT2D eigenvalue weighted by Gasteiger charge is -2.37. The van der Waals surface area contributed by atoms with Crippen LogP contribution in [0.15, 0.2) is 54.6 Å². The Morgan fingerprint density at radius 3 is 2.34 bits per heavy atom. The molecule has 2 heterocycles. The van der Waals surface area contributed by atoms with Gasteiger partial charge in [0.15, 0.2) is 0 Å². The van der Waals surface area contributed by atoms with Crippen LogP contribution in [0.3, 0.4) is 0 Å². The Balaban J connectivity index is 1.35. The number of carbonyl (C=O) groups is 1. The first-order valence-corrected chi connectivity index (χ1v) is 11.8. The van der Waals surface area contributed by atoms with E-state index in [1.165, 1.54) is 11.4 Å². The second-order valence-electron chi connectivity index (χ2n) is 9.07. The number of carbonyl (C=O) groups excluding carboxylic acids is 1. The van der Waals surface area contributed by atoms with Crippen molar-refractivity contribution in [3.05, 3.63) is 60.2 Å². The SMILES string of the molecule is CN(C)c1ccc(CN(CC2CCCO2)C(=O)CN2CCN(c3ccccc3)CC2)cc1. The highest BCUT2D eigenvalue weighted by atomic mass is 16.5. The van der Waals surface area contributed by atoms with Gasteiger partial charge in [-0.1, -0.05) is 30.3 Å². The van der Waals surface area contributed by atoms with E-state index in [2.05, 4.69) is 69.3 Å². The van der Waals surface area contributed by atoms with Gasteiger partial charge in [-0.15, -0.1) is 0 Å². The summed E-state index contributed by atoms with van der Waals surface area (Å²) in [4.78, 5) is 22.1. The van der Waals surface area contributed by atoms with Gasteiger partial charge in [-0.05, 0) is 42.7 Å². The maximum atomic E-state index is 13.3. The highest BCUT2D eigenvalue weighted by molar-refractivity contribution is 5.78. The summed E-state index contributed by atoms with van der Waals surface area (Å²) in [6.45, 7) is 6.33. The highest BCUT2D eigenvalue weighted by Crippen LogP contribution is 2.19. The van der Waals surface area contributed by atoms with Crippen molar-refractivity contribution < 1.29 is 9.53 Å². The molecular formula is C26H36N4O2. The molecule has 0 saturated carbocycles. The molecule has 1 unspecified atom stereocenters. The molecule has 2 aromatic rings. The molecule has 2 aromatic carbocycles. The predicted molar refractivity (Wildman–Crippen MR) is 130 cm³/mol. The van der Waals surface area contributed by atoms with Crippen LogP contribution >= 0.6 is 0 Å². The van der Waals surface area contributed by atoms with Gasteiger partial charge in [0.2, 0.25) is 5.91 Å². The molecule has 0 aliphatic carbocycles. The van der Waals surface area contributed by atoms with Crippen molar-refractivity contribution in [1.29, 1.82) is 0 Å². The monoisotopic (exact) mass is 436 g/mol. The summed E-state index contributed by atoms with van der Waals surface area (Å²) in [7, 11) is 4.08. The van der Waals surface area contributed by atoms with Gasteiger partial charge >= 0.3 is 0 Å². The van der Waals surface area contributed by atoms with Gasteiger partial charge in [-0.2, -0.15) is 0 Å². The maximum absolute atomic E-state index is 13.3. The van der Waals surface area contributed by atoms with E-state index in [1.54, 1.807) is 0 Å². The zero-order valence-corrected chi connectivity index (χ0v) is 19.4. The number of benzene rings is 2. The zero-order chi connectivity index (χ0) is 22.3. The van der Waals surface area contributed by atoms with E-state index < -0.39 is 0 Å². The smallest absolute Gasteiger partial charge is 0.237 e. The fraction of sp³-hybridized carbons (Fsp3) is 0.500. The van der Waals surface area contributed by atoms with E-state index in [-0.39, 0.29) is 12.0 Å². The average molecular weight is 437 g/mol. The Labute approximate surface area is 192 Å². The summed E-state index contributed by atoms with van der Waals surface area (Å²) in [5.41, 5.74) is 3.59. The number of ether oxygens (including phenoxy) is 1. The first-order valence-electron chi connectivity index (χ1n) is 11.8. The van der Waals surface area contributed by atoms with Crippen molar-refractivity contribution in [2.24, 2.45) is 0 Å².